The number of amides is 2. The van der Waals surface area contributed by atoms with Gasteiger partial charge >= 0.3 is 0 Å². The van der Waals surface area contributed by atoms with Gasteiger partial charge in [0.2, 0.25) is 11.8 Å². The maximum atomic E-state index is 12.1. The minimum atomic E-state index is -0.476. The van der Waals surface area contributed by atoms with Gasteiger partial charge in [-0.05, 0) is 32.6 Å². The fourth-order valence-electron chi connectivity index (χ4n) is 3.07. The van der Waals surface area contributed by atoms with E-state index in [1.165, 1.54) is 12.8 Å². The Morgan fingerprint density at radius 3 is 2.68 bits per heavy atom. The van der Waals surface area contributed by atoms with Gasteiger partial charge in [0.1, 0.15) is 6.04 Å². The summed E-state index contributed by atoms with van der Waals surface area (Å²) in [5, 5.41) is 5.71. The zero-order valence-electron chi connectivity index (χ0n) is 13.3. The average molecular weight is 309 g/mol. The van der Waals surface area contributed by atoms with E-state index in [1.54, 1.807) is 6.92 Å². The van der Waals surface area contributed by atoms with Crippen LogP contribution in [0.3, 0.4) is 0 Å². The molecule has 1 saturated heterocycles. The summed E-state index contributed by atoms with van der Waals surface area (Å²) in [5.74, 6) is 0.00608. The van der Waals surface area contributed by atoms with Crippen LogP contribution >= 0.6 is 0 Å². The molecular formula is C16H27N3O3. The summed E-state index contributed by atoms with van der Waals surface area (Å²) in [7, 11) is 0. The van der Waals surface area contributed by atoms with Crippen LogP contribution in [-0.4, -0.2) is 61.1 Å². The van der Waals surface area contributed by atoms with Crippen molar-refractivity contribution in [1.29, 1.82) is 0 Å². The second-order valence-electron chi connectivity index (χ2n) is 6.82. The number of morpholine rings is 1. The summed E-state index contributed by atoms with van der Waals surface area (Å²) in [6, 6.07) is 0.263. The third kappa shape index (κ3) is 3.98. The van der Waals surface area contributed by atoms with Gasteiger partial charge in [-0.2, -0.15) is 0 Å². The van der Waals surface area contributed by atoms with Crippen LogP contribution in [0.25, 0.3) is 0 Å². The molecule has 2 atom stereocenters. The zero-order chi connectivity index (χ0) is 15.5. The number of carbonyl (C=O) groups excluding carboxylic acids is 2. The molecule has 22 heavy (non-hydrogen) atoms. The molecule has 1 heterocycles. The standard InChI is InChI=1S/C16H27N3O3/c1-11(18-16(21)12-3-2-4-12)15(20)17-9-14-10-19(7-8-22-14)13-5-6-13/h11-14H,2-10H2,1H3,(H,17,20)(H,18,21). The van der Waals surface area contributed by atoms with Crippen LogP contribution in [0, 0.1) is 5.92 Å². The predicted molar refractivity (Wildman–Crippen MR) is 82.3 cm³/mol. The van der Waals surface area contributed by atoms with E-state index in [9.17, 15) is 9.59 Å². The smallest absolute Gasteiger partial charge is 0.242 e. The molecule has 124 valence electrons. The number of hydrogen-bond acceptors (Lipinski definition) is 4. The minimum Gasteiger partial charge on any atom is -0.374 e. The van der Waals surface area contributed by atoms with Gasteiger partial charge in [0.05, 0.1) is 12.7 Å². The maximum Gasteiger partial charge on any atom is 0.242 e. The Morgan fingerprint density at radius 2 is 2.05 bits per heavy atom. The highest BCUT2D eigenvalue weighted by molar-refractivity contribution is 5.88. The Labute approximate surface area is 131 Å². The van der Waals surface area contributed by atoms with Crippen LogP contribution < -0.4 is 10.6 Å². The van der Waals surface area contributed by atoms with E-state index in [0.29, 0.717) is 6.54 Å². The van der Waals surface area contributed by atoms with Gasteiger partial charge in [0.15, 0.2) is 0 Å². The van der Waals surface area contributed by atoms with Crippen molar-refractivity contribution in [2.75, 3.05) is 26.2 Å². The third-order valence-electron chi connectivity index (χ3n) is 4.97. The van der Waals surface area contributed by atoms with Gasteiger partial charge in [-0.3, -0.25) is 14.5 Å². The highest BCUT2D eigenvalue weighted by Gasteiger charge is 2.33. The van der Waals surface area contributed by atoms with Crippen molar-refractivity contribution >= 4 is 11.8 Å². The molecule has 1 aliphatic heterocycles. The molecular weight excluding hydrogens is 282 g/mol. The van der Waals surface area contributed by atoms with Gasteiger partial charge in [0.25, 0.3) is 0 Å². The average Bonchev–Trinajstić information content (AvgIpc) is 3.27. The first-order valence-corrected chi connectivity index (χ1v) is 8.57. The van der Waals surface area contributed by atoms with Crippen LogP contribution in [0.2, 0.25) is 0 Å². The summed E-state index contributed by atoms with van der Waals surface area (Å²) < 4.78 is 5.72. The van der Waals surface area contributed by atoms with Gasteiger partial charge in [0, 0.05) is 31.6 Å². The highest BCUT2D eigenvalue weighted by Crippen LogP contribution is 2.28. The monoisotopic (exact) mass is 309 g/mol. The first-order chi connectivity index (χ1) is 10.6. The normalized spacial score (nSPS) is 27.8. The van der Waals surface area contributed by atoms with Crippen LogP contribution in [0.4, 0.5) is 0 Å². The summed E-state index contributed by atoms with van der Waals surface area (Å²) in [5.41, 5.74) is 0. The topological polar surface area (TPSA) is 70.7 Å². The molecule has 2 N–H and O–H groups in total. The predicted octanol–water partition coefficient (Wildman–Crippen LogP) is 0.271. The van der Waals surface area contributed by atoms with E-state index in [-0.39, 0.29) is 23.8 Å². The Balaban J connectivity index is 1.36. The Hall–Kier alpha value is -1.14. The molecule has 0 aromatic heterocycles. The number of rotatable bonds is 6. The molecule has 0 aromatic rings. The van der Waals surface area contributed by atoms with Crippen molar-refractivity contribution in [1.82, 2.24) is 15.5 Å². The second kappa shape index (κ2) is 6.96. The second-order valence-corrected chi connectivity index (χ2v) is 6.82. The third-order valence-corrected chi connectivity index (χ3v) is 4.97. The van der Waals surface area contributed by atoms with Crippen LogP contribution in [-0.2, 0) is 14.3 Å². The molecule has 3 aliphatic rings. The van der Waals surface area contributed by atoms with Crippen molar-refractivity contribution in [2.45, 2.75) is 57.2 Å². The zero-order valence-corrected chi connectivity index (χ0v) is 13.3. The molecule has 0 spiro atoms. The molecule has 0 radical (unpaired) electrons. The van der Waals surface area contributed by atoms with E-state index < -0.39 is 6.04 Å². The minimum absolute atomic E-state index is 0.0164. The summed E-state index contributed by atoms with van der Waals surface area (Å²) in [6.45, 7) is 4.90. The molecule has 0 bridgehead atoms. The summed E-state index contributed by atoms with van der Waals surface area (Å²) in [4.78, 5) is 26.4. The molecule has 0 aromatic carbocycles. The molecule has 3 fully saturated rings. The molecule has 2 saturated carbocycles. The quantitative estimate of drug-likeness (QED) is 0.739. The van der Waals surface area contributed by atoms with Crippen molar-refractivity contribution in [3.8, 4) is 0 Å². The number of nitrogens with one attached hydrogen (secondary N) is 2. The van der Waals surface area contributed by atoms with Gasteiger partial charge < -0.3 is 15.4 Å². The van der Waals surface area contributed by atoms with Gasteiger partial charge in [-0.25, -0.2) is 0 Å². The lowest BCUT2D eigenvalue weighted by atomic mass is 9.84. The van der Waals surface area contributed by atoms with E-state index in [1.807, 2.05) is 0 Å². The van der Waals surface area contributed by atoms with Crippen molar-refractivity contribution in [3.63, 3.8) is 0 Å². The first kappa shape index (κ1) is 15.7. The number of hydrogen-bond donors (Lipinski definition) is 2. The Kier molecular flexibility index (Phi) is 4.98. The fraction of sp³-hybridized carbons (Fsp3) is 0.875. The van der Waals surface area contributed by atoms with Crippen molar-refractivity contribution in [2.24, 2.45) is 5.92 Å². The van der Waals surface area contributed by atoms with E-state index >= 15 is 0 Å². The van der Waals surface area contributed by atoms with Crippen LogP contribution in [0.15, 0.2) is 0 Å². The first-order valence-electron chi connectivity index (χ1n) is 8.57. The number of carbonyl (C=O) groups is 2. The Bertz CT molecular complexity index is 421. The largest absolute Gasteiger partial charge is 0.374 e. The van der Waals surface area contributed by atoms with Gasteiger partial charge in [-0.15, -0.1) is 0 Å². The molecule has 3 rings (SSSR count). The van der Waals surface area contributed by atoms with Gasteiger partial charge in [-0.1, -0.05) is 6.42 Å². The maximum absolute atomic E-state index is 12.1. The molecule has 6 nitrogen and oxygen atoms in total. The molecule has 2 unspecified atom stereocenters. The highest BCUT2D eigenvalue weighted by atomic mass is 16.5. The SMILES string of the molecule is CC(NC(=O)C1CCC1)C(=O)NCC1CN(C2CC2)CCO1. The Morgan fingerprint density at radius 1 is 1.27 bits per heavy atom. The van der Waals surface area contributed by atoms with Crippen molar-refractivity contribution in [3.05, 3.63) is 0 Å². The number of nitrogens with zero attached hydrogens (tertiary/aromatic N) is 1. The van der Waals surface area contributed by atoms with Crippen LogP contribution in [0.5, 0.6) is 0 Å². The van der Waals surface area contributed by atoms with E-state index in [4.69, 9.17) is 4.74 Å². The summed E-state index contributed by atoms with van der Waals surface area (Å²) >= 11 is 0. The lowest BCUT2D eigenvalue weighted by Gasteiger charge is -2.33. The lowest BCUT2D eigenvalue weighted by molar-refractivity contribution is -0.132. The van der Waals surface area contributed by atoms with Crippen LogP contribution in [0.1, 0.15) is 39.0 Å². The number of ether oxygens (including phenoxy) is 1. The lowest BCUT2D eigenvalue weighted by Crippen LogP contribution is -2.52. The van der Waals surface area contributed by atoms with E-state index in [2.05, 4.69) is 15.5 Å². The van der Waals surface area contributed by atoms with Crippen molar-refractivity contribution < 1.29 is 14.3 Å². The van der Waals surface area contributed by atoms with E-state index in [0.717, 1.165) is 45.0 Å². The molecule has 2 amide bonds. The fourth-order valence-corrected chi connectivity index (χ4v) is 3.07. The molecule has 2 aliphatic carbocycles. The molecule has 6 heteroatoms. The summed E-state index contributed by atoms with van der Waals surface area (Å²) in [6.07, 6.45) is 5.68.